The second-order valence-corrected chi connectivity index (χ2v) is 8.71. The molecule has 2 aliphatic rings. The Morgan fingerprint density at radius 1 is 1.19 bits per heavy atom. The summed E-state index contributed by atoms with van der Waals surface area (Å²) in [6.45, 7) is 0.287. The summed E-state index contributed by atoms with van der Waals surface area (Å²) in [4.78, 5) is 13.1. The predicted molar refractivity (Wildman–Crippen MR) is 114 cm³/mol. The number of fused-ring (bicyclic) bond motifs is 1. The quantitative estimate of drug-likeness (QED) is 0.451. The first-order valence-electron chi connectivity index (χ1n) is 10.3. The first-order chi connectivity index (χ1) is 15.0. The summed E-state index contributed by atoms with van der Waals surface area (Å²) in [6.07, 6.45) is 2.05. The Kier molecular flexibility index (Phi) is 5.31. The van der Waals surface area contributed by atoms with Crippen LogP contribution in [0.5, 0.6) is 0 Å². The van der Waals surface area contributed by atoms with Crippen LogP contribution in [0.25, 0.3) is 11.2 Å². The predicted octanol–water partition coefficient (Wildman–Crippen LogP) is 1.62. The summed E-state index contributed by atoms with van der Waals surface area (Å²) >= 11 is 6.22. The van der Waals surface area contributed by atoms with E-state index in [-0.39, 0.29) is 5.41 Å². The Bertz CT molecular complexity index is 1090. The highest BCUT2D eigenvalue weighted by molar-refractivity contribution is 6.30. The topological polar surface area (TPSA) is 126 Å². The number of imidazole rings is 1. The van der Waals surface area contributed by atoms with Crippen LogP contribution in [0.2, 0.25) is 5.02 Å². The zero-order valence-electron chi connectivity index (χ0n) is 16.7. The van der Waals surface area contributed by atoms with Gasteiger partial charge in [0, 0.05) is 17.0 Å². The average molecular weight is 446 g/mol. The number of hydrogen-bond donors (Lipinski definition) is 4. The van der Waals surface area contributed by atoms with Crippen molar-refractivity contribution in [3.8, 4) is 0 Å². The molecule has 3 heterocycles. The van der Waals surface area contributed by atoms with E-state index in [4.69, 9.17) is 16.3 Å². The van der Waals surface area contributed by atoms with Crippen molar-refractivity contribution < 1.29 is 20.1 Å². The summed E-state index contributed by atoms with van der Waals surface area (Å²) < 4.78 is 7.17. The van der Waals surface area contributed by atoms with Crippen molar-refractivity contribution in [2.75, 3.05) is 18.5 Å². The van der Waals surface area contributed by atoms with Gasteiger partial charge in [-0.15, -0.1) is 0 Å². The number of aromatic nitrogens is 4. The SMILES string of the molecule is OC[C@H]1O[C@@H](n2cnc3c(NCC4(c5cccc(Cl)c5)CCC4)ncnc32)[C@H](O)[C@@H]1O. The molecule has 1 saturated carbocycles. The van der Waals surface area contributed by atoms with Crippen LogP contribution in [0.3, 0.4) is 0 Å². The molecule has 3 aromatic rings. The lowest BCUT2D eigenvalue weighted by Crippen LogP contribution is -2.41. The number of rotatable bonds is 6. The van der Waals surface area contributed by atoms with Crippen LogP contribution in [-0.2, 0) is 10.2 Å². The molecule has 9 nitrogen and oxygen atoms in total. The maximum Gasteiger partial charge on any atom is 0.167 e. The van der Waals surface area contributed by atoms with E-state index in [0.29, 0.717) is 23.5 Å². The summed E-state index contributed by atoms with van der Waals surface area (Å²) in [5.41, 5.74) is 2.22. The number of hydrogen-bond acceptors (Lipinski definition) is 8. The number of halogens is 1. The summed E-state index contributed by atoms with van der Waals surface area (Å²) in [7, 11) is 0. The molecule has 0 amide bonds. The van der Waals surface area contributed by atoms with Crippen LogP contribution in [0, 0.1) is 0 Å². The van der Waals surface area contributed by atoms with E-state index in [1.807, 2.05) is 18.2 Å². The fourth-order valence-electron chi connectivity index (χ4n) is 4.52. The van der Waals surface area contributed by atoms with Gasteiger partial charge in [0.1, 0.15) is 24.6 Å². The van der Waals surface area contributed by atoms with Crippen molar-refractivity contribution in [2.24, 2.45) is 0 Å². The van der Waals surface area contributed by atoms with E-state index in [1.54, 1.807) is 4.57 Å². The molecule has 5 rings (SSSR count). The third-order valence-corrected chi connectivity index (χ3v) is 6.73. The summed E-state index contributed by atoms with van der Waals surface area (Å²) in [5, 5.41) is 33.9. The molecule has 1 aliphatic heterocycles. The molecular formula is C21H24ClN5O4. The van der Waals surface area contributed by atoms with Gasteiger partial charge >= 0.3 is 0 Å². The molecule has 4 N–H and O–H groups in total. The molecule has 0 unspecified atom stereocenters. The molecule has 1 saturated heterocycles. The van der Waals surface area contributed by atoms with Gasteiger partial charge in [0.25, 0.3) is 0 Å². The van der Waals surface area contributed by atoms with E-state index in [0.717, 1.165) is 24.3 Å². The Labute approximate surface area is 183 Å². The van der Waals surface area contributed by atoms with E-state index in [1.165, 1.54) is 18.2 Å². The number of benzene rings is 1. The smallest absolute Gasteiger partial charge is 0.167 e. The first kappa shape index (κ1) is 20.6. The highest BCUT2D eigenvalue weighted by Crippen LogP contribution is 2.44. The molecule has 10 heteroatoms. The van der Waals surface area contributed by atoms with Gasteiger partial charge in [-0.25, -0.2) is 15.0 Å². The van der Waals surface area contributed by atoms with Gasteiger partial charge in [0.15, 0.2) is 23.2 Å². The van der Waals surface area contributed by atoms with Gasteiger partial charge < -0.3 is 25.4 Å². The van der Waals surface area contributed by atoms with E-state index in [2.05, 4.69) is 26.3 Å². The molecule has 0 radical (unpaired) electrons. The monoisotopic (exact) mass is 445 g/mol. The first-order valence-corrected chi connectivity index (χ1v) is 10.7. The largest absolute Gasteiger partial charge is 0.394 e. The van der Waals surface area contributed by atoms with Gasteiger partial charge in [-0.1, -0.05) is 30.2 Å². The third-order valence-electron chi connectivity index (χ3n) is 6.49. The number of anilines is 1. The lowest BCUT2D eigenvalue weighted by Gasteiger charge is -2.42. The van der Waals surface area contributed by atoms with Crippen molar-refractivity contribution in [3.63, 3.8) is 0 Å². The number of nitrogens with zero attached hydrogens (tertiary/aromatic N) is 4. The zero-order chi connectivity index (χ0) is 21.6. The zero-order valence-corrected chi connectivity index (χ0v) is 17.5. The Balaban J connectivity index is 1.41. The van der Waals surface area contributed by atoms with E-state index >= 15 is 0 Å². The molecule has 1 aliphatic carbocycles. The summed E-state index contributed by atoms with van der Waals surface area (Å²) in [6, 6.07) is 7.99. The number of aliphatic hydroxyl groups is 3. The minimum atomic E-state index is -1.21. The molecule has 0 spiro atoms. The number of aliphatic hydroxyl groups excluding tert-OH is 3. The Morgan fingerprint density at radius 3 is 2.71 bits per heavy atom. The third kappa shape index (κ3) is 3.46. The Hall–Kier alpha value is -2.30. The van der Waals surface area contributed by atoms with Crippen molar-refractivity contribution in [2.45, 2.75) is 49.2 Å². The fourth-order valence-corrected chi connectivity index (χ4v) is 4.71. The van der Waals surface area contributed by atoms with Gasteiger partial charge in [-0.2, -0.15) is 0 Å². The lowest BCUT2D eigenvalue weighted by atomic mass is 9.64. The molecule has 2 aromatic heterocycles. The van der Waals surface area contributed by atoms with Crippen LogP contribution in [0.1, 0.15) is 31.1 Å². The highest BCUT2D eigenvalue weighted by Gasteiger charge is 2.44. The van der Waals surface area contributed by atoms with Crippen molar-refractivity contribution in [3.05, 3.63) is 47.5 Å². The minimum absolute atomic E-state index is 0.00600. The van der Waals surface area contributed by atoms with E-state index in [9.17, 15) is 15.3 Å². The lowest BCUT2D eigenvalue weighted by molar-refractivity contribution is -0.0511. The molecule has 4 atom stereocenters. The molecule has 2 fully saturated rings. The molecular weight excluding hydrogens is 422 g/mol. The second-order valence-electron chi connectivity index (χ2n) is 8.27. The van der Waals surface area contributed by atoms with Crippen LogP contribution in [-0.4, -0.2) is 66.3 Å². The van der Waals surface area contributed by atoms with Crippen molar-refractivity contribution in [1.82, 2.24) is 19.5 Å². The van der Waals surface area contributed by atoms with Crippen molar-refractivity contribution >= 4 is 28.6 Å². The highest BCUT2D eigenvalue weighted by atomic mass is 35.5. The molecule has 164 valence electrons. The van der Waals surface area contributed by atoms with Crippen LogP contribution >= 0.6 is 11.6 Å². The normalized spacial score (nSPS) is 27.4. The van der Waals surface area contributed by atoms with E-state index < -0.39 is 31.1 Å². The van der Waals surface area contributed by atoms with Gasteiger partial charge in [-0.05, 0) is 30.5 Å². The molecule has 1 aromatic carbocycles. The molecule has 0 bridgehead atoms. The number of nitrogens with one attached hydrogen (secondary N) is 1. The number of ether oxygens (including phenoxy) is 1. The van der Waals surface area contributed by atoms with Crippen molar-refractivity contribution in [1.29, 1.82) is 0 Å². The van der Waals surface area contributed by atoms with Crippen LogP contribution < -0.4 is 5.32 Å². The second kappa shape index (κ2) is 7.99. The Morgan fingerprint density at radius 2 is 2.03 bits per heavy atom. The van der Waals surface area contributed by atoms with Crippen LogP contribution in [0.15, 0.2) is 36.9 Å². The summed E-state index contributed by atoms with van der Waals surface area (Å²) in [5.74, 6) is 0.587. The maximum atomic E-state index is 10.4. The molecule has 31 heavy (non-hydrogen) atoms. The van der Waals surface area contributed by atoms with Gasteiger partial charge in [0.05, 0.1) is 12.9 Å². The minimum Gasteiger partial charge on any atom is -0.394 e. The average Bonchev–Trinajstić information content (AvgIpc) is 3.29. The van der Waals surface area contributed by atoms with Gasteiger partial charge in [-0.3, -0.25) is 4.57 Å². The standard InChI is InChI=1S/C21H24ClN5O4/c22-13-4-1-3-12(7-13)21(5-2-6-21)9-23-18-15-19(25-10-24-18)27(11-26-15)20-17(30)16(29)14(8-28)31-20/h1,3-4,7,10-11,14,16-17,20,28-30H,2,5-6,8-9H2,(H,23,24,25)/t14-,16-,17-,20-/m1/s1. The van der Waals surface area contributed by atoms with Gasteiger partial charge in [0.2, 0.25) is 0 Å². The van der Waals surface area contributed by atoms with Crippen LogP contribution in [0.4, 0.5) is 5.82 Å². The maximum absolute atomic E-state index is 10.4. The fraction of sp³-hybridized carbons (Fsp3) is 0.476.